The predicted octanol–water partition coefficient (Wildman–Crippen LogP) is 14.5. The van der Waals surface area contributed by atoms with Gasteiger partial charge in [0.2, 0.25) is 0 Å². The molecule has 0 saturated heterocycles. The number of unbranched alkanes of at least 4 members (excludes halogenated alkanes) is 2. The number of benzene rings is 3. The second-order valence-electron chi connectivity index (χ2n) is 18.2. The van der Waals surface area contributed by atoms with Crippen molar-refractivity contribution in [1.82, 2.24) is 0 Å². The van der Waals surface area contributed by atoms with E-state index < -0.39 is 28.9 Å². The van der Waals surface area contributed by atoms with Gasteiger partial charge in [0.05, 0.1) is 69.1 Å². The van der Waals surface area contributed by atoms with Gasteiger partial charge >= 0.3 is 22.8 Å². The average Bonchev–Trinajstić information content (AvgIpc) is 3.39. The number of halogens is 1. The van der Waals surface area contributed by atoms with Crippen LogP contribution in [0.5, 0.6) is 17.2 Å². The van der Waals surface area contributed by atoms with Crippen LogP contribution in [0.25, 0.3) is 0 Å². The molecular weight excluding hydrogens is 1010 g/mol. The molecule has 2 aliphatic carbocycles. The number of allylic oxidation sites excluding steroid dienone is 2. The Labute approximate surface area is 442 Å². The highest BCUT2D eigenvalue weighted by molar-refractivity contribution is 7.62. The molecule has 410 valence electrons. The number of alkyl halides is 1. The van der Waals surface area contributed by atoms with E-state index in [1.165, 1.54) is 0 Å². The average molecular weight is 1100 g/mol. The molecule has 0 spiro atoms. The molecule has 17 heteroatoms. The van der Waals surface area contributed by atoms with E-state index >= 15 is 0 Å². The van der Waals surface area contributed by atoms with Gasteiger partial charge in [0.25, 0.3) is 0 Å². The number of rotatable bonds is 31. The monoisotopic (exact) mass is 1090 g/mol. The third kappa shape index (κ3) is 18.5. The lowest BCUT2D eigenvalue weighted by atomic mass is 9.82. The summed E-state index contributed by atoms with van der Waals surface area (Å²) in [5.74, 6) is 0.805. The summed E-state index contributed by atoms with van der Waals surface area (Å²) in [6, 6.07) is 12.7. The molecule has 2 N–H and O–H groups in total. The summed E-state index contributed by atoms with van der Waals surface area (Å²) >= 11 is 6.10. The molecule has 0 fully saturated rings. The third-order valence-electron chi connectivity index (χ3n) is 12.1. The van der Waals surface area contributed by atoms with Gasteiger partial charge < -0.3 is 46.8 Å². The topological polar surface area (TPSA) is 166 Å². The first-order valence-electron chi connectivity index (χ1n) is 27.0. The number of hydrogen-bond donors (Lipinski definition) is 2. The van der Waals surface area contributed by atoms with Gasteiger partial charge in [-0.15, -0.1) is 11.6 Å². The number of fused-ring (bicyclic) bond motifs is 8. The van der Waals surface area contributed by atoms with E-state index in [2.05, 4.69) is 6.08 Å². The van der Waals surface area contributed by atoms with Crippen LogP contribution in [-0.2, 0) is 71.3 Å². The number of phenolic OH excluding ortho intramolecular Hbond substituents is 2. The zero-order valence-corrected chi connectivity index (χ0v) is 48.4. The smallest absolute Gasteiger partial charge is 0.361 e. The van der Waals surface area contributed by atoms with E-state index in [9.17, 15) is 23.9 Å². The van der Waals surface area contributed by atoms with Gasteiger partial charge in [-0.1, -0.05) is 91.8 Å². The van der Waals surface area contributed by atoms with Crippen molar-refractivity contribution in [3.8, 4) is 17.2 Å². The number of phenols is 2. The minimum atomic E-state index is -3.88. The van der Waals surface area contributed by atoms with Crippen LogP contribution in [0.3, 0.4) is 0 Å². The van der Waals surface area contributed by atoms with Crippen molar-refractivity contribution in [2.45, 2.75) is 151 Å². The molecule has 5 rings (SSSR count). The molecule has 73 heavy (non-hydrogen) atoms. The molecule has 0 aromatic heterocycles. The Morgan fingerprint density at radius 3 is 1.51 bits per heavy atom. The van der Waals surface area contributed by atoms with Crippen molar-refractivity contribution in [3.63, 3.8) is 0 Å². The fraction of sp³-hybridized carbons (Fsp3) is 0.607. The second kappa shape index (κ2) is 32.7. The SMILES string of the molecule is CC.CCCOP(=O)(CCCCOc1c2cccc1Cc1cc(P(=O)(OCCC)OCCC)cc(c1O)C[C@@H]1C=CC=C(Cc3cc(P(=O)(OCCC)OCCC)cc(c3O)C2)C1OCCCCCl)OCCC. The fourth-order valence-corrected chi connectivity index (χ4v) is 14.3. The van der Waals surface area contributed by atoms with Crippen molar-refractivity contribution in [2.24, 2.45) is 5.92 Å². The van der Waals surface area contributed by atoms with Crippen LogP contribution < -0.4 is 15.3 Å². The third-order valence-corrected chi connectivity index (χ3v) is 18.2. The van der Waals surface area contributed by atoms with Crippen molar-refractivity contribution >= 4 is 45.0 Å². The van der Waals surface area contributed by atoms with Gasteiger partial charge in [0.1, 0.15) is 17.2 Å². The van der Waals surface area contributed by atoms with Crippen molar-refractivity contribution in [3.05, 3.63) is 99.6 Å². The van der Waals surface area contributed by atoms with Crippen molar-refractivity contribution in [2.75, 3.05) is 64.9 Å². The summed E-state index contributed by atoms with van der Waals surface area (Å²) < 4.78 is 92.8. The van der Waals surface area contributed by atoms with Crippen LogP contribution in [0.15, 0.2) is 66.3 Å². The maximum absolute atomic E-state index is 14.9. The van der Waals surface area contributed by atoms with Crippen LogP contribution in [0, 0.1) is 5.92 Å². The molecular formula is C56H86ClO13P3. The Bertz CT molecular complexity index is 2320. The highest BCUT2D eigenvalue weighted by Crippen LogP contribution is 2.52. The number of para-hydroxylation sites is 1. The molecule has 1 unspecified atom stereocenters. The quantitative estimate of drug-likeness (QED) is 0.0355. The van der Waals surface area contributed by atoms with Gasteiger partial charge in [0.15, 0.2) is 0 Å². The van der Waals surface area contributed by atoms with Crippen LogP contribution in [0.4, 0.5) is 0 Å². The Balaban J connectivity index is 0.00000570. The Kier molecular flexibility index (Phi) is 28.2. The lowest BCUT2D eigenvalue weighted by molar-refractivity contribution is 0.0457. The maximum Gasteiger partial charge on any atom is 0.361 e. The molecule has 3 aromatic carbocycles. The van der Waals surface area contributed by atoms with Crippen molar-refractivity contribution in [1.29, 1.82) is 0 Å². The second-order valence-corrected chi connectivity index (χ2v) is 24.8. The van der Waals surface area contributed by atoms with Gasteiger partial charge in [-0.05, 0) is 140 Å². The Morgan fingerprint density at radius 1 is 0.562 bits per heavy atom. The van der Waals surface area contributed by atoms with E-state index in [0.29, 0.717) is 122 Å². The van der Waals surface area contributed by atoms with E-state index in [4.69, 9.17) is 48.2 Å². The van der Waals surface area contributed by atoms with Crippen LogP contribution in [0.2, 0.25) is 0 Å². The molecule has 0 heterocycles. The lowest BCUT2D eigenvalue weighted by Crippen LogP contribution is -2.30. The van der Waals surface area contributed by atoms with Crippen LogP contribution in [-0.4, -0.2) is 81.2 Å². The number of ether oxygens (including phenoxy) is 2. The van der Waals surface area contributed by atoms with E-state index in [1.807, 2.05) is 85.7 Å². The molecule has 2 aliphatic rings. The predicted molar refractivity (Wildman–Crippen MR) is 297 cm³/mol. The number of aromatic hydroxyl groups is 2. The highest BCUT2D eigenvalue weighted by atomic mass is 35.5. The minimum absolute atomic E-state index is 0.0416. The normalized spacial score (nSPS) is 15.9. The first-order chi connectivity index (χ1) is 35.3. The molecule has 13 nitrogen and oxygen atoms in total. The van der Waals surface area contributed by atoms with Crippen molar-refractivity contribution < 1.29 is 60.5 Å². The van der Waals surface area contributed by atoms with E-state index in [-0.39, 0.29) is 75.9 Å². The summed E-state index contributed by atoms with van der Waals surface area (Å²) in [7, 11) is -11.1. The molecule has 8 bridgehead atoms. The maximum atomic E-state index is 14.9. The largest absolute Gasteiger partial charge is 0.507 e. The fourth-order valence-electron chi connectivity index (χ4n) is 8.54. The summed E-state index contributed by atoms with van der Waals surface area (Å²) in [5.41, 5.74) is 4.36. The van der Waals surface area contributed by atoms with Gasteiger partial charge in [-0.3, -0.25) is 13.7 Å². The summed E-state index contributed by atoms with van der Waals surface area (Å²) in [5, 5.41) is 25.5. The molecule has 0 aliphatic heterocycles. The van der Waals surface area contributed by atoms with Gasteiger partial charge in [-0.2, -0.15) is 0 Å². The highest BCUT2D eigenvalue weighted by Gasteiger charge is 2.35. The lowest BCUT2D eigenvalue weighted by Gasteiger charge is -2.31. The molecule has 0 radical (unpaired) electrons. The van der Waals surface area contributed by atoms with Crippen LogP contribution in [0.1, 0.15) is 153 Å². The number of hydrogen-bond acceptors (Lipinski definition) is 13. The van der Waals surface area contributed by atoms with Gasteiger partial charge in [-0.25, -0.2) is 0 Å². The van der Waals surface area contributed by atoms with E-state index in [0.717, 1.165) is 29.5 Å². The standard InChI is InChI=1S/C54H80ClO13P3.C2H6/c1-7-24-63-69(58,64-25-8-2)32-16-15-31-62-54-43-21-18-22-44(54)36-48-40-50(71(60,67-28-11-5)68-29-12-6)38-46(52(48)57)34-42-20-17-19-41(53(42)61-30-14-13-23-55)33-45-37-49(39-47(35-43)51(45)56)70(59,65-26-9-3)66-27-10-4;1-2/h17-22,37-41,53,56-57H,7-16,23-36H2,1-6H3;1-2H3/t41-,53?;/m0./s1. The van der Waals surface area contributed by atoms with Gasteiger partial charge in [0, 0.05) is 31.2 Å². The zero-order chi connectivity index (χ0) is 53.3. The summed E-state index contributed by atoms with van der Waals surface area (Å²) in [6.45, 7) is 17.9. The molecule has 3 aromatic rings. The zero-order valence-electron chi connectivity index (χ0n) is 45.0. The molecule has 0 amide bonds. The summed E-state index contributed by atoms with van der Waals surface area (Å²) in [6.07, 6.45) is 13.0. The summed E-state index contributed by atoms with van der Waals surface area (Å²) in [4.78, 5) is 0. The first-order valence-corrected chi connectivity index (χ1v) is 32.3. The molecule has 2 atom stereocenters. The Hall–Kier alpha value is -2.76. The molecule has 0 saturated carbocycles. The van der Waals surface area contributed by atoms with Crippen LogP contribution >= 0.6 is 34.4 Å². The first kappa shape index (κ1) is 62.8. The van der Waals surface area contributed by atoms with E-state index in [1.54, 1.807) is 24.3 Å². The minimum Gasteiger partial charge on any atom is -0.507 e. The Morgan fingerprint density at radius 2 is 1.01 bits per heavy atom.